The Hall–Kier alpha value is -5.62. The zero-order chi connectivity index (χ0) is 33.6. The first-order chi connectivity index (χ1) is 24.7. The molecule has 0 unspecified atom stereocenters. The van der Waals surface area contributed by atoms with E-state index in [4.69, 9.17) is 19.9 Å². The molecule has 0 fully saturated rings. The van der Waals surface area contributed by atoms with Crippen LogP contribution in [0.25, 0.3) is 89.2 Å². The molecule has 5 heterocycles. The van der Waals surface area contributed by atoms with Crippen molar-refractivity contribution in [3.05, 3.63) is 108 Å². The monoisotopic (exact) mass is 652 g/mol. The van der Waals surface area contributed by atoms with Crippen LogP contribution in [-0.2, 0) is 12.8 Å². The largest absolute Gasteiger partial charge is 0.339 e. The summed E-state index contributed by atoms with van der Waals surface area (Å²) in [6.45, 7) is 4.51. The fourth-order valence-electron chi connectivity index (χ4n) is 7.87. The van der Waals surface area contributed by atoms with Crippen LogP contribution in [0.5, 0.6) is 0 Å². The molecule has 0 saturated heterocycles. The number of aromatic amines is 2. The molecule has 50 heavy (non-hydrogen) atoms. The van der Waals surface area contributed by atoms with E-state index in [1.807, 2.05) is 0 Å². The van der Waals surface area contributed by atoms with Crippen molar-refractivity contribution in [1.29, 1.82) is 0 Å². The predicted octanol–water partition coefficient (Wildman–Crippen LogP) is 11.5. The van der Waals surface area contributed by atoms with Gasteiger partial charge >= 0.3 is 0 Å². The molecule has 0 spiro atoms. The molecule has 2 aliphatic heterocycles. The third-order valence-corrected chi connectivity index (χ3v) is 10.3. The van der Waals surface area contributed by atoms with Crippen LogP contribution in [0, 0.1) is 0 Å². The first-order valence-electron chi connectivity index (χ1n) is 18.2. The zero-order valence-corrected chi connectivity index (χ0v) is 28.7. The van der Waals surface area contributed by atoms with Gasteiger partial charge < -0.3 is 9.97 Å². The lowest BCUT2D eigenvalue weighted by molar-refractivity contribution is 0.719. The van der Waals surface area contributed by atoms with Gasteiger partial charge in [-0.05, 0) is 25.7 Å². The maximum absolute atomic E-state index is 5.40. The molecule has 9 rings (SSSR count). The highest BCUT2D eigenvalue weighted by atomic mass is 15.0. The van der Waals surface area contributed by atoms with Crippen molar-refractivity contribution in [2.75, 3.05) is 0 Å². The Labute approximate surface area is 291 Å². The van der Waals surface area contributed by atoms with Crippen molar-refractivity contribution < 1.29 is 0 Å². The molecule has 0 atom stereocenters. The first kappa shape index (κ1) is 30.4. The molecule has 3 aromatic heterocycles. The average molecular weight is 653 g/mol. The summed E-state index contributed by atoms with van der Waals surface area (Å²) in [5.41, 5.74) is 12.5. The minimum atomic E-state index is 0.738. The van der Waals surface area contributed by atoms with Gasteiger partial charge in [0.2, 0.25) is 0 Å². The molecule has 6 heteroatoms. The summed E-state index contributed by atoms with van der Waals surface area (Å²) in [5.74, 6) is 1.48. The Kier molecular flexibility index (Phi) is 7.72. The smallest absolute Gasteiger partial charge is 0.162 e. The molecule has 0 aliphatic carbocycles. The highest BCUT2D eigenvalue weighted by Crippen LogP contribution is 2.42. The first-order valence-corrected chi connectivity index (χ1v) is 18.2. The maximum atomic E-state index is 5.40. The van der Waals surface area contributed by atoms with Crippen LogP contribution in [0.1, 0.15) is 63.5 Å². The Morgan fingerprint density at radius 1 is 0.420 bits per heavy atom. The summed E-state index contributed by atoms with van der Waals surface area (Å²) >= 11 is 0. The lowest BCUT2D eigenvalue weighted by Gasteiger charge is -2.06. The maximum Gasteiger partial charge on any atom is 0.162 e. The minimum absolute atomic E-state index is 0.738. The number of rotatable bonds is 8. The van der Waals surface area contributed by atoms with E-state index in [0.29, 0.717) is 0 Å². The molecule has 4 aromatic carbocycles. The summed E-state index contributed by atoms with van der Waals surface area (Å²) in [6.07, 6.45) is 8.51. The lowest BCUT2D eigenvalue weighted by atomic mass is 9.98. The summed E-state index contributed by atoms with van der Waals surface area (Å²) in [4.78, 5) is 29.2. The van der Waals surface area contributed by atoms with E-state index in [1.165, 1.54) is 11.1 Å². The van der Waals surface area contributed by atoms with Gasteiger partial charge in [-0.25, -0.2) is 19.9 Å². The Balaban J connectivity index is 1.50. The molecular weight excluding hydrogens is 613 g/mol. The highest BCUT2D eigenvalue weighted by molar-refractivity contribution is 6.10. The van der Waals surface area contributed by atoms with Crippen molar-refractivity contribution in [3.8, 4) is 45.3 Å². The number of unbranched alkanes of at least 4 members (excludes halogenated alkanes) is 4. The van der Waals surface area contributed by atoms with Crippen LogP contribution in [0.2, 0.25) is 0 Å². The number of benzene rings is 4. The topological polar surface area (TPSA) is 83.1 Å². The molecule has 0 saturated carbocycles. The Bertz CT molecular complexity index is 2410. The van der Waals surface area contributed by atoms with Crippen LogP contribution in [0.4, 0.5) is 0 Å². The zero-order valence-electron chi connectivity index (χ0n) is 28.7. The minimum Gasteiger partial charge on any atom is -0.339 e. The van der Waals surface area contributed by atoms with Gasteiger partial charge in [-0.15, -0.1) is 0 Å². The van der Waals surface area contributed by atoms with Crippen LogP contribution in [0.15, 0.2) is 97.1 Å². The summed E-state index contributed by atoms with van der Waals surface area (Å²) in [6, 6.07) is 34.3. The van der Waals surface area contributed by atoms with E-state index in [9.17, 15) is 0 Å². The van der Waals surface area contributed by atoms with Crippen LogP contribution >= 0.6 is 0 Å². The molecular formula is C44H40N6. The van der Waals surface area contributed by atoms with Crippen molar-refractivity contribution >= 4 is 43.9 Å². The molecule has 2 aliphatic rings. The third kappa shape index (κ3) is 5.01. The second kappa shape index (κ2) is 12.7. The van der Waals surface area contributed by atoms with Gasteiger partial charge in [-0.2, -0.15) is 0 Å². The quantitative estimate of drug-likeness (QED) is 0.160. The van der Waals surface area contributed by atoms with Crippen LogP contribution in [0.3, 0.4) is 0 Å². The summed E-state index contributed by atoms with van der Waals surface area (Å²) < 4.78 is 0. The normalized spacial score (nSPS) is 12.0. The van der Waals surface area contributed by atoms with E-state index in [1.54, 1.807) is 0 Å². The van der Waals surface area contributed by atoms with E-state index >= 15 is 0 Å². The fourth-order valence-corrected chi connectivity index (χ4v) is 7.87. The fraction of sp³-hybridized carbons (Fsp3) is 0.227. The van der Waals surface area contributed by atoms with Crippen LogP contribution in [-0.4, -0.2) is 29.9 Å². The Morgan fingerprint density at radius 3 is 1.22 bits per heavy atom. The van der Waals surface area contributed by atoms with Gasteiger partial charge in [0.05, 0.1) is 22.4 Å². The predicted molar refractivity (Wildman–Crippen MR) is 207 cm³/mol. The molecule has 2 N–H and O–H groups in total. The number of hydrogen-bond acceptors (Lipinski definition) is 4. The van der Waals surface area contributed by atoms with Gasteiger partial charge in [-0.1, -0.05) is 137 Å². The van der Waals surface area contributed by atoms with E-state index in [-0.39, 0.29) is 0 Å². The number of nitrogens with zero attached hydrogens (tertiary/aromatic N) is 4. The molecule has 0 radical (unpaired) electrons. The van der Waals surface area contributed by atoms with Gasteiger partial charge in [0.15, 0.2) is 11.6 Å². The Morgan fingerprint density at radius 2 is 0.800 bits per heavy atom. The van der Waals surface area contributed by atoms with Gasteiger partial charge in [-0.3, -0.25) is 0 Å². The van der Waals surface area contributed by atoms with Crippen molar-refractivity contribution in [1.82, 2.24) is 29.9 Å². The standard InChI is InChI=1S/C44H40N6/c1-3-5-7-25-35-37-27-17-9-13-21-31(27)41(45-37)49-43-33-23-15-11-19-29(33)39(47-43)36(26-8-6-4-2)40-30-20-12-16-24-34(30)44(48-40)50-42-32-22-14-10-18-28(32)38(35)46-42/h9-24H,3-8,25-26H2,1-2H3,(H,45,47,49)(H,46,48,50). The molecule has 0 amide bonds. The SMILES string of the molecule is CCCCCc1c2nc(nc3[nH]c(c(CCCCC)c4nc(nc5[nH]c1c1ccccc51)-c1ccccc1-4)c1ccccc31)-c1ccccc1-2. The van der Waals surface area contributed by atoms with Crippen LogP contribution < -0.4 is 0 Å². The van der Waals surface area contributed by atoms with Gasteiger partial charge in [0.25, 0.3) is 0 Å². The van der Waals surface area contributed by atoms with E-state index in [2.05, 4.69) is 121 Å². The molecule has 7 aromatic rings. The van der Waals surface area contributed by atoms with Crippen molar-refractivity contribution in [3.63, 3.8) is 0 Å². The number of nitrogens with one attached hydrogen (secondary N) is 2. The van der Waals surface area contributed by atoms with Crippen molar-refractivity contribution in [2.24, 2.45) is 0 Å². The molecule has 6 nitrogen and oxygen atoms in total. The molecule has 8 bridgehead atoms. The summed E-state index contributed by atoms with van der Waals surface area (Å²) in [7, 11) is 0. The van der Waals surface area contributed by atoms with Gasteiger partial charge in [0.1, 0.15) is 11.3 Å². The summed E-state index contributed by atoms with van der Waals surface area (Å²) in [5, 5.41) is 4.46. The highest BCUT2D eigenvalue weighted by Gasteiger charge is 2.25. The second-order valence-corrected chi connectivity index (χ2v) is 13.5. The third-order valence-electron chi connectivity index (χ3n) is 10.3. The van der Waals surface area contributed by atoms with Gasteiger partial charge in [0, 0.05) is 54.9 Å². The lowest BCUT2D eigenvalue weighted by Crippen LogP contribution is -1.92. The molecule has 246 valence electrons. The van der Waals surface area contributed by atoms with E-state index in [0.717, 1.165) is 141 Å². The average Bonchev–Trinajstić information content (AvgIpc) is 3.91. The number of hydrogen-bond donors (Lipinski definition) is 2. The number of fused-ring (bicyclic) bond motifs is 20. The van der Waals surface area contributed by atoms with Crippen molar-refractivity contribution in [2.45, 2.75) is 65.2 Å². The number of aryl methyl sites for hydroxylation is 2. The van der Waals surface area contributed by atoms with E-state index < -0.39 is 0 Å². The second-order valence-electron chi connectivity index (χ2n) is 13.5. The number of aromatic nitrogens is 6. The number of H-pyrrole nitrogens is 2.